The first kappa shape index (κ1) is 12.6. The molecule has 1 aliphatic rings. The third-order valence-corrected chi connectivity index (χ3v) is 3.38. The van der Waals surface area contributed by atoms with Crippen LogP contribution in [-0.4, -0.2) is 16.0 Å². The summed E-state index contributed by atoms with van der Waals surface area (Å²) in [6, 6.07) is 2.51. The molecule has 3 nitrogen and oxygen atoms in total. The minimum Gasteiger partial charge on any atom is -0.369 e. The van der Waals surface area contributed by atoms with Crippen molar-refractivity contribution >= 4 is 18.0 Å². The highest BCUT2D eigenvalue weighted by molar-refractivity contribution is 7.71. The molecule has 2 rings (SSSR count). The van der Waals surface area contributed by atoms with Crippen LogP contribution in [0.15, 0.2) is 6.07 Å². The molecule has 0 spiro atoms. The first-order valence-electron chi connectivity index (χ1n) is 6.33. The van der Waals surface area contributed by atoms with Crippen molar-refractivity contribution in [1.82, 2.24) is 9.97 Å². The smallest absolute Gasteiger partial charge is 0.131 e. The number of H-pyrrole nitrogens is 1. The van der Waals surface area contributed by atoms with Gasteiger partial charge in [0.1, 0.15) is 16.3 Å². The molecule has 0 radical (unpaired) electrons. The minimum atomic E-state index is 0.000919. The summed E-state index contributed by atoms with van der Waals surface area (Å²) in [6.45, 7) is 6.42. The van der Waals surface area contributed by atoms with Crippen molar-refractivity contribution in [3.8, 4) is 0 Å². The Hall–Kier alpha value is -0.900. The van der Waals surface area contributed by atoms with Crippen LogP contribution < -0.4 is 5.32 Å². The first-order chi connectivity index (χ1) is 7.95. The molecule has 1 aromatic rings. The molecular formula is C13H21N3S. The molecule has 94 valence electrons. The van der Waals surface area contributed by atoms with Crippen LogP contribution in [0.1, 0.15) is 52.3 Å². The fraction of sp³-hybridized carbons (Fsp3) is 0.692. The first-order valence-corrected chi connectivity index (χ1v) is 6.74. The third-order valence-electron chi connectivity index (χ3n) is 3.17. The van der Waals surface area contributed by atoms with Crippen LogP contribution >= 0.6 is 12.2 Å². The summed E-state index contributed by atoms with van der Waals surface area (Å²) in [5.41, 5.74) is 0.000919. The van der Waals surface area contributed by atoms with E-state index in [2.05, 4.69) is 36.1 Å². The molecule has 2 N–H and O–H groups in total. The van der Waals surface area contributed by atoms with Crippen molar-refractivity contribution in [1.29, 1.82) is 0 Å². The fourth-order valence-corrected chi connectivity index (χ4v) is 2.39. The lowest BCUT2D eigenvalue weighted by atomic mass is 9.96. The maximum atomic E-state index is 5.23. The van der Waals surface area contributed by atoms with E-state index in [9.17, 15) is 0 Å². The zero-order chi connectivity index (χ0) is 12.5. The van der Waals surface area contributed by atoms with Crippen molar-refractivity contribution < 1.29 is 0 Å². The van der Waals surface area contributed by atoms with E-state index >= 15 is 0 Å². The standard InChI is InChI=1S/C13H21N3S/c1-13(2,3)12-15-10(8-11(17)16-12)14-9-6-4-5-7-9/h8-9H,4-7H2,1-3H3,(H2,14,15,16,17). The number of aromatic amines is 1. The van der Waals surface area contributed by atoms with Gasteiger partial charge in [-0.2, -0.15) is 0 Å². The van der Waals surface area contributed by atoms with E-state index in [0.717, 1.165) is 11.6 Å². The number of anilines is 1. The van der Waals surface area contributed by atoms with Gasteiger partial charge in [0.05, 0.1) is 0 Å². The molecule has 1 fully saturated rings. The summed E-state index contributed by atoms with van der Waals surface area (Å²) in [6.07, 6.45) is 5.17. The number of hydrogen-bond acceptors (Lipinski definition) is 3. The van der Waals surface area contributed by atoms with Crippen LogP contribution in [0.4, 0.5) is 5.82 Å². The second kappa shape index (κ2) is 4.77. The van der Waals surface area contributed by atoms with Gasteiger partial charge in [0.25, 0.3) is 0 Å². The van der Waals surface area contributed by atoms with Crippen molar-refractivity contribution in [2.45, 2.75) is 57.9 Å². The van der Waals surface area contributed by atoms with E-state index in [4.69, 9.17) is 12.2 Å². The zero-order valence-corrected chi connectivity index (χ0v) is 11.7. The molecule has 17 heavy (non-hydrogen) atoms. The number of nitrogens with one attached hydrogen (secondary N) is 2. The summed E-state index contributed by atoms with van der Waals surface area (Å²) in [5.74, 6) is 1.97. The van der Waals surface area contributed by atoms with Crippen LogP contribution in [0.5, 0.6) is 0 Å². The van der Waals surface area contributed by atoms with Crippen molar-refractivity contribution in [2.75, 3.05) is 5.32 Å². The van der Waals surface area contributed by atoms with E-state index in [1.807, 2.05) is 6.07 Å². The van der Waals surface area contributed by atoms with Gasteiger partial charge in [0, 0.05) is 17.5 Å². The van der Waals surface area contributed by atoms with Crippen LogP contribution in [0, 0.1) is 4.64 Å². The molecule has 1 aliphatic carbocycles. The van der Waals surface area contributed by atoms with Gasteiger partial charge in [-0.05, 0) is 12.8 Å². The Bertz CT molecular complexity index is 439. The highest BCUT2D eigenvalue weighted by Crippen LogP contribution is 2.23. The lowest BCUT2D eigenvalue weighted by Gasteiger charge is -2.20. The molecule has 0 amide bonds. The molecule has 0 atom stereocenters. The minimum absolute atomic E-state index is 0.000919. The zero-order valence-electron chi connectivity index (χ0n) is 10.8. The largest absolute Gasteiger partial charge is 0.369 e. The quantitative estimate of drug-likeness (QED) is 0.786. The number of rotatable bonds is 2. The Morgan fingerprint density at radius 2 is 2.00 bits per heavy atom. The Morgan fingerprint density at radius 3 is 2.59 bits per heavy atom. The van der Waals surface area contributed by atoms with Gasteiger partial charge in [-0.3, -0.25) is 0 Å². The summed E-state index contributed by atoms with van der Waals surface area (Å²) in [7, 11) is 0. The molecular weight excluding hydrogens is 230 g/mol. The number of aromatic nitrogens is 2. The Kier molecular flexibility index (Phi) is 3.52. The van der Waals surface area contributed by atoms with Gasteiger partial charge in [-0.25, -0.2) is 4.98 Å². The maximum absolute atomic E-state index is 5.23. The lowest BCUT2D eigenvalue weighted by molar-refractivity contribution is 0.544. The maximum Gasteiger partial charge on any atom is 0.131 e. The highest BCUT2D eigenvalue weighted by Gasteiger charge is 2.19. The predicted octanol–water partition coefficient (Wildman–Crippen LogP) is 3.79. The topological polar surface area (TPSA) is 40.7 Å². The van der Waals surface area contributed by atoms with E-state index in [1.165, 1.54) is 25.7 Å². The van der Waals surface area contributed by atoms with Gasteiger partial charge in [-0.15, -0.1) is 0 Å². The molecule has 0 bridgehead atoms. The van der Waals surface area contributed by atoms with Crippen molar-refractivity contribution in [3.63, 3.8) is 0 Å². The van der Waals surface area contributed by atoms with E-state index in [0.29, 0.717) is 10.7 Å². The van der Waals surface area contributed by atoms with Gasteiger partial charge in [0.15, 0.2) is 0 Å². The van der Waals surface area contributed by atoms with Crippen molar-refractivity contribution in [2.24, 2.45) is 0 Å². The van der Waals surface area contributed by atoms with Crippen LogP contribution in [-0.2, 0) is 5.41 Å². The number of hydrogen-bond donors (Lipinski definition) is 2. The second-order valence-electron chi connectivity index (χ2n) is 5.86. The Morgan fingerprint density at radius 1 is 1.35 bits per heavy atom. The average Bonchev–Trinajstić information content (AvgIpc) is 2.68. The Balaban J connectivity index is 2.22. The van der Waals surface area contributed by atoms with Crippen LogP contribution in [0.3, 0.4) is 0 Å². The monoisotopic (exact) mass is 251 g/mol. The molecule has 0 saturated heterocycles. The van der Waals surface area contributed by atoms with E-state index in [-0.39, 0.29) is 5.41 Å². The van der Waals surface area contributed by atoms with Crippen LogP contribution in [0.25, 0.3) is 0 Å². The average molecular weight is 251 g/mol. The summed E-state index contributed by atoms with van der Waals surface area (Å²) in [5, 5.41) is 3.53. The summed E-state index contributed by atoms with van der Waals surface area (Å²) in [4.78, 5) is 7.76. The summed E-state index contributed by atoms with van der Waals surface area (Å²) >= 11 is 5.23. The van der Waals surface area contributed by atoms with Gasteiger partial charge < -0.3 is 10.3 Å². The van der Waals surface area contributed by atoms with Gasteiger partial charge >= 0.3 is 0 Å². The van der Waals surface area contributed by atoms with Crippen molar-refractivity contribution in [3.05, 3.63) is 16.5 Å². The second-order valence-corrected chi connectivity index (χ2v) is 6.28. The van der Waals surface area contributed by atoms with Gasteiger partial charge in [-0.1, -0.05) is 45.8 Å². The third kappa shape index (κ3) is 3.28. The van der Waals surface area contributed by atoms with Crippen LogP contribution in [0.2, 0.25) is 0 Å². The summed E-state index contributed by atoms with van der Waals surface area (Å²) < 4.78 is 0.661. The molecule has 1 saturated carbocycles. The number of nitrogens with zero attached hydrogens (tertiary/aromatic N) is 1. The van der Waals surface area contributed by atoms with E-state index < -0.39 is 0 Å². The molecule has 0 aliphatic heterocycles. The fourth-order valence-electron chi connectivity index (χ4n) is 2.18. The molecule has 1 aromatic heterocycles. The molecule has 1 heterocycles. The SMILES string of the molecule is CC(C)(C)c1nc(=S)cc(NC2CCCC2)[nH]1. The Labute approximate surface area is 108 Å². The van der Waals surface area contributed by atoms with Gasteiger partial charge in [0.2, 0.25) is 0 Å². The molecule has 0 unspecified atom stereocenters. The normalized spacial score (nSPS) is 17.4. The molecule has 4 heteroatoms. The molecule has 0 aromatic carbocycles. The lowest BCUT2D eigenvalue weighted by Crippen LogP contribution is -2.20. The predicted molar refractivity (Wildman–Crippen MR) is 74.0 cm³/mol. The highest BCUT2D eigenvalue weighted by atomic mass is 32.1. The van der Waals surface area contributed by atoms with E-state index in [1.54, 1.807) is 0 Å².